The third-order valence-electron chi connectivity index (χ3n) is 9.55. The smallest absolute Gasteiger partial charge is 0.360 e. The topological polar surface area (TPSA) is 97.0 Å². The van der Waals surface area contributed by atoms with E-state index in [9.17, 15) is 14.7 Å². The van der Waals surface area contributed by atoms with Crippen molar-refractivity contribution in [1.82, 2.24) is 14.5 Å². The van der Waals surface area contributed by atoms with Gasteiger partial charge in [-0.15, -0.1) is 0 Å². The highest BCUT2D eigenvalue weighted by Gasteiger charge is 2.45. The van der Waals surface area contributed by atoms with Crippen molar-refractivity contribution in [3.05, 3.63) is 40.3 Å². The van der Waals surface area contributed by atoms with Crippen LogP contribution in [0.2, 0.25) is 0 Å². The van der Waals surface area contributed by atoms with E-state index in [0.717, 1.165) is 30.2 Å². The molecule has 0 radical (unpaired) electrons. The van der Waals surface area contributed by atoms with Crippen LogP contribution in [0.15, 0.2) is 34.2 Å². The van der Waals surface area contributed by atoms with Gasteiger partial charge in [0.15, 0.2) is 5.69 Å². The Morgan fingerprint density at radius 3 is 2.24 bits per heavy atom. The van der Waals surface area contributed by atoms with Gasteiger partial charge in [-0.25, -0.2) is 9.78 Å². The van der Waals surface area contributed by atoms with Crippen LogP contribution in [-0.2, 0) is 9.63 Å². The molecule has 1 N–H and O–H groups in total. The van der Waals surface area contributed by atoms with Gasteiger partial charge in [0, 0.05) is 24.2 Å². The lowest BCUT2D eigenvalue weighted by Crippen LogP contribution is -2.58. The molecule has 0 amide bonds. The zero-order chi connectivity index (χ0) is 25.5. The molecule has 4 atom stereocenters. The number of carbonyl (C=O) groups is 1. The molecule has 37 heavy (non-hydrogen) atoms. The summed E-state index contributed by atoms with van der Waals surface area (Å²) in [5.74, 6) is 0.445. The summed E-state index contributed by atoms with van der Waals surface area (Å²) in [7, 11) is 1.28. The van der Waals surface area contributed by atoms with Crippen LogP contribution >= 0.6 is 0 Å². The van der Waals surface area contributed by atoms with Crippen LogP contribution in [0.3, 0.4) is 0 Å². The van der Waals surface area contributed by atoms with Gasteiger partial charge in [0.2, 0.25) is 5.71 Å². The van der Waals surface area contributed by atoms with Gasteiger partial charge in [0.1, 0.15) is 7.11 Å². The number of para-hydroxylation sites is 2. The summed E-state index contributed by atoms with van der Waals surface area (Å²) in [5, 5.41) is 13.4. The third kappa shape index (κ3) is 4.58. The fourth-order valence-corrected chi connectivity index (χ4v) is 8.25. The van der Waals surface area contributed by atoms with Crippen LogP contribution < -0.4 is 5.56 Å². The number of oxime groups is 1. The summed E-state index contributed by atoms with van der Waals surface area (Å²) in [6.07, 6.45) is 15.1. The number of carboxylic acids is 1. The molecule has 2 saturated carbocycles. The first-order valence-corrected chi connectivity index (χ1v) is 14.2. The standard InChI is InChI=1S/C29H38N4O4/c1-37-31-27(29(35)36)26-28(34)33(25-12-5-4-11-24(25)30-26)23-16-20-9-6-10-21(17-23)32(20)22-14-18-7-2-3-8-19(13-18)15-22/h4-5,11-12,18-23H,2-3,6-10,13-17H2,1H3,(H,35,36). The number of aromatic nitrogens is 2. The Hall–Kier alpha value is -2.74. The summed E-state index contributed by atoms with van der Waals surface area (Å²) >= 11 is 0. The molecule has 8 nitrogen and oxygen atoms in total. The average Bonchev–Trinajstić information content (AvgIpc) is 3.05. The molecular weight excluding hydrogens is 468 g/mol. The number of nitrogens with zero attached hydrogens (tertiary/aromatic N) is 4. The fourth-order valence-electron chi connectivity index (χ4n) is 8.25. The van der Waals surface area contributed by atoms with E-state index in [1.165, 1.54) is 71.3 Å². The number of hydrogen-bond donors (Lipinski definition) is 1. The molecule has 2 aliphatic heterocycles. The molecule has 1 aromatic carbocycles. The summed E-state index contributed by atoms with van der Waals surface area (Å²) in [4.78, 5) is 37.9. The summed E-state index contributed by atoms with van der Waals surface area (Å²) < 4.78 is 1.83. The third-order valence-corrected chi connectivity index (χ3v) is 9.55. The minimum absolute atomic E-state index is 0.00848. The number of fused-ring (bicyclic) bond motifs is 5. The maximum absolute atomic E-state index is 13.9. The zero-order valence-electron chi connectivity index (χ0n) is 21.7. The van der Waals surface area contributed by atoms with Gasteiger partial charge in [-0.1, -0.05) is 49.4 Å². The van der Waals surface area contributed by atoms with Gasteiger partial charge < -0.3 is 14.5 Å². The molecule has 198 valence electrons. The first-order valence-electron chi connectivity index (χ1n) is 14.2. The van der Waals surface area contributed by atoms with Gasteiger partial charge in [-0.2, -0.15) is 0 Å². The molecular formula is C29H38N4O4. The molecule has 3 heterocycles. The first-order chi connectivity index (χ1) is 18.0. The lowest BCUT2D eigenvalue weighted by Gasteiger charge is -2.54. The molecule has 2 aliphatic carbocycles. The molecule has 4 aliphatic rings. The summed E-state index contributed by atoms with van der Waals surface area (Å²) in [6.45, 7) is 0. The number of aliphatic carboxylic acids is 1. The van der Waals surface area contributed by atoms with Gasteiger partial charge >= 0.3 is 5.97 Å². The van der Waals surface area contributed by atoms with Gasteiger partial charge in [-0.05, 0) is 68.9 Å². The first kappa shape index (κ1) is 24.6. The van der Waals surface area contributed by atoms with E-state index in [0.29, 0.717) is 23.6 Å². The lowest BCUT2D eigenvalue weighted by molar-refractivity contribution is -0.129. The predicted molar refractivity (Wildman–Crippen MR) is 142 cm³/mol. The van der Waals surface area contributed by atoms with E-state index in [2.05, 4.69) is 15.0 Å². The zero-order valence-corrected chi connectivity index (χ0v) is 21.7. The van der Waals surface area contributed by atoms with Crippen molar-refractivity contribution < 1.29 is 14.7 Å². The highest BCUT2D eigenvalue weighted by molar-refractivity contribution is 6.41. The second-order valence-corrected chi connectivity index (χ2v) is 11.7. The van der Waals surface area contributed by atoms with Crippen molar-refractivity contribution in [2.45, 2.75) is 101 Å². The number of hydrogen-bond acceptors (Lipinski definition) is 6. The number of rotatable bonds is 5. The monoisotopic (exact) mass is 506 g/mol. The largest absolute Gasteiger partial charge is 0.476 e. The van der Waals surface area contributed by atoms with Crippen LogP contribution in [0.4, 0.5) is 0 Å². The highest BCUT2D eigenvalue weighted by atomic mass is 16.6. The molecule has 4 bridgehead atoms. The molecule has 2 saturated heterocycles. The number of benzene rings is 1. The Kier molecular flexibility index (Phi) is 6.78. The van der Waals surface area contributed by atoms with Crippen LogP contribution in [0, 0.1) is 11.8 Å². The minimum atomic E-state index is -1.32. The number of carboxylic acid groups (broad SMARTS) is 1. The average molecular weight is 507 g/mol. The normalized spacial score (nSPS) is 32.6. The predicted octanol–water partition coefficient (Wildman–Crippen LogP) is 4.75. The SMILES string of the molecule is CON=C(C(=O)O)c1nc2ccccc2n(C2CC3CCCC(C2)N3C2CC3CCCCC(C3)C2)c1=O. The Morgan fingerprint density at radius 1 is 0.919 bits per heavy atom. The Morgan fingerprint density at radius 2 is 1.59 bits per heavy atom. The van der Waals surface area contributed by atoms with Crippen LogP contribution in [0.25, 0.3) is 11.0 Å². The van der Waals surface area contributed by atoms with Crippen molar-refractivity contribution in [2.75, 3.05) is 7.11 Å². The van der Waals surface area contributed by atoms with Crippen LogP contribution in [-0.4, -0.2) is 56.5 Å². The van der Waals surface area contributed by atoms with E-state index in [1.807, 2.05) is 28.8 Å². The molecule has 4 unspecified atom stereocenters. The van der Waals surface area contributed by atoms with E-state index in [4.69, 9.17) is 4.84 Å². The molecule has 1 aromatic heterocycles. The van der Waals surface area contributed by atoms with Crippen molar-refractivity contribution in [3.63, 3.8) is 0 Å². The Balaban J connectivity index is 1.36. The Bertz CT molecular complexity index is 1230. The van der Waals surface area contributed by atoms with Crippen LogP contribution in [0.5, 0.6) is 0 Å². The van der Waals surface area contributed by atoms with Gasteiger partial charge in [-0.3, -0.25) is 9.69 Å². The molecule has 6 rings (SSSR count). The maximum atomic E-state index is 13.9. The van der Waals surface area contributed by atoms with E-state index < -0.39 is 17.2 Å². The van der Waals surface area contributed by atoms with Crippen molar-refractivity contribution >= 4 is 22.7 Å². The molecule has 2 aromatic rings. The lowest BCUT2D eigenvalue weighted by atomic mass is 9.73. The van der Waals surface area contributed by atoms with Crippen LogP contribution in [0.1, 0.15) is 88.8 Å². The summed E-state index contributed by atoms with van der Waals surface area (Å²) in [5.41, 5.74) is 0.369. The van der Waals surface area contributed by atoms with Crippen molar-refractivity contribution in [2.24, 2.45) is 17.0 Å². The number of piperidine rings is 2. The van der Waals surface area contributed by atoms with Crippen molar-refractivity contribution in [1.29, 1.82) is 0 Å². The molecule has 8 heteroatoms. The van der Waals surface area contributed by atoms with E-state index >= 15 is 0 Å². The van der Waals surface area contributed by atoms with Gasteiger partial charge in [0.25, 0.3) is 5.56 Å². The summed E-state index contributed by atoms with van der Waals surface area (Å²) in [6, 6.07) is 9.16. The highest BCUT2D eigenvalue weighted by Crippen LogP contribution is 2.46. The second-order valence-electron chi connectivity index (χ2n) is 11.7. The van der Waals surface area contributed by atoms with Crippen molar-refractivity contribution in [3.8, 4) is 0 Å². The molecule has 0 spiro atoms. The second kappa shape index (κ2) is 10.2. The van der Waals surface area contributed by atoms with Gasteiger partial charge in [0.05, 0.1) is 11.0 Å². The minimum Gasteiger partial charge on any atom is -0.476 e. The fraction of sp³-hybridized carbons (Fsp3) is 0.655. The maximum Gasteiger partial charge on any atom is 0.360 e. The van der Waals surface area contributed by atoms with E-state index in [-0.39, 0.29) is 11.7 Å². The Labute approximate surface area is 217 Å². The molecule has 4 fully saturated rings. The quantitative estimate of drug-likeness (QED) is 0.464. The van der Waals surface area contributed by atoms with E-state index in [1.54, 1.807) is 0 Å².